The van der Waals surface area contributed by atoms with Crippen LogP contribution in [-0.4, -0.2) is 31.8 Å². The van der Waals surface area contributed by atoms with Crippen molar-refractivity contribution in [2.24, 2.45) is 0 Å². The summed E-state index contributed by atoms with van der Waals surface area (Å²) in [7, 11) is 0. The lowest BCUT2D eigenvalue weighted by molar-refractivity contribution is -0.189. The number of halogens is 3. The van der Waals surface area contributed by atoms with Crippen LogP contribution in [0.1, 0.15) is 6.92 Å². The molecule has 0 aromatic heterocycles. The van der Waals surface area contributed by atoms with E-state index in [2.05, 4.69) is 10.2 Å². The number of hydroxylamine groups is 1. The van der Waals surface area contributed by atoms with Crippen LogP contribution in [0.4, 0.5) is 13.2 Å². The van der Waals surface area contributed by atoms with E-state index in [1.165, 1.54) is 0 Å². The maximum Gasteiger partial charge on any atom is 0.413 e. The van der Waals surface area contributed by atoms with Gasteiger partial charge in [0.25, 0.3) is 0 Å². The second kappa shape index (κ2) is 5.76. The molecule has 0 atom stereocenters. The number of carbonyl (C=O) groups is 1. The van der Waals surface area contributed by atoms with Gasteiger partial charge in [0.15, 0.2) is 6.61 Å². The molecule has 0 spiro atoms. The molecule has 0 aromatic carbocycles. The van der Waals surface area contributed by atoms with E-state index in [4.69, 9.17) is 0 Å². The van der Waals surface area contributed by atoms with Gasteiger partial charge in [-0.25, -0.2) is 0 Å². The second-order valence-corrected chi connectivity index (χ2v) is 2.18. The van der Waals surface area contributed by atoms with Gasteiger partial charge in [-0.05, 0) is 6.92 Å². The third-order valence-electron chi connectivity index (χ3n) is 0.945. The molecule has 0 unspecified atom stereocenters. The van der Waals surface area contributed by atoms with E-state index < -0.39 is 18.7 Å². The number of likely N-dealkylation sites (N-methyl/N-ethyl adjacent to an activating group) is 1. The Morgan fingerprint density at radius 1 is 1.46 bits per heavy atom. The van der Waals surface area contributed by atoms with Gasteiger partial charge in [0.2, 0.25) is 5.91 Å². The Bertz CT molecular complexity index is 160. The molecule has 0 saturated heterocycles. The van der Waals surface area contributed by atoms with Gasteiger partial charge in [-0.1, -0.05) is 0 Å². The largest absolute Gasteiger partial charge is 0.413 e. The van der Waals surface area contributed by atoms with Crippen LogP contribution in [0.2, 0.25) is 0 Å². The summed E-state index contributed by atoms with van der Waals surface area (Å²) in [5.41, 5.74) is 1.89. The Labute approximate surface area is 73.4 Å². The number of rotatable bonds is 5. The van der Waals surface area contributed by atoms with Gasteiger partial charge in [-0.2, -0.15) is 18.7 Å². The highest BCUT2D eigenvalue weighted by Crippen LogP contribution is 2.13. The normalized spacial score (nSPS) is 11.4. The second-order valence-electron chi connectivity index (χ2n) is 2.18. The summed E-state index contributed by atoms with van der Waals surface area (Å²) in [6.45, 7) is 0.435. The molecule has 4 nitrogen and oxygen atoms in total. The molecule has 0 saturated carbocycles. The first-order chi connectivity index (χ1) is 5.95. The zero-order valence-electron chi connectivity index (χ0n) is 7.07. The highest BCUT2D eigenvalue weighted by molar-refractivity contribution is 5.77. The lowest BCUT2D eigenvalue weighted by Gasteiger charge is -2.07. The molecule has 0 bridgehead atoms. The molecule has 13 heavy (non-hydrogen) atoms. The summed E-state index contributed by atoms with van der Waals surface area (Å²) >= 11 is 0. The summed E-state index contributed by atoms with van der Waals surface area (Å²) in [6.07, 6.45) is -4.38. The SMILES string of the molecule is CCNC(=O)CNOCC(F)(F)F. The summed E-state index contributed by atoms with van der Waals surface area (Å²) < 4.78 is 34.4. The average molecular weight is 200 g/mol. The minimum Gasteiger partial charge on any atom is -0.355 e. The van der Waals surface area contributed by atoms with Crippen LogP contribution in [0, 0.1) is 0 Å². The van der Waals surface area contributed by atoms with Crippen molar-refractivity contribution in [2.75, 3.05) is 19.7 Å². The monoisotopic (exact) mass is 200 g/mol. The minimum atomic E-state index is -4.38. The molecule has 0 aliphatic carbocycles. The van der Waals surface area contributed by atoms with Gasteiger partial charge in [0.05, 0.1) is 6.54 Å². The van der Waals surface area contributed by atoms with Crippen molar-refractivity contribution >= 4 is 5.91 Å². The fourth-order valence-corrected chi connectivity index (χ4v) is 0.509. The highest BCUT2D eigenvalue weighted by atomic mass is 19.4. The van der Waals surface area contributed by atoms with E-state index in [1.54, 1.807) is 6.92 Å². The molecular weight excluding hydrogens is 189 g/mol. The van der Waals surface area contributed by atoms with Crippen LogP contribution in [-0.2, 0) is 9.63 Å². The quantitative estimate of drug-likeness (QED) is 0.492. The predicted molar refractivity (Wildman–Crippen MR) is 38.7 cm³/mol. The molecule has 7 heteroatoms. The van der Waals surface area contributed by atoms with Crippen LogP contribution < -0.4 is 10.8 Å². The molecule has 0 aromatic rings. The first kappa shape index (κ1) is 12.2. The van der Waals surface area contributed by atoms with Crippen molar-refractivity contribution in [2.45, 2.75) is 13.1 Å². The number of amides is 1. The fraction of sp³-hybridized carbons (Fsp3) is 0.833. The standard InChI is InChI=1S/C6H11F3N2O2/c1-2-10-5(12)3-11-13-4-6(7,8)9/h11H,2-4H2,1H3,(H,10,12). The topological polar surface area (TPSA) is 50.4 Å². The van der Waals surface area contributed by atoms with Crippen molar-refractivity contribution in [1.29, 1.82) is 0 Å². The van der Waals surface area contributed by atoms with E-state index in [9.17, 15) is 18.0 Å². The number of alkyl halides is 3. The predicted octanol–water partition coefficient (Wildman–Crippen LogP) is 0.206. The average Bonchev–Trinajstić information content (AvgIpc) is 1.97. The summed E-state index contributed by atoms with van der Waals surface area (Å²) in [5, 5.41) is 2.38. The number of nitrogens with one attached hydrogen (secondary N) is 2. The van der Waals surface area contributed by atoms with Crippen molar-refractivity contribution in [3.05, 3.63) is 0 Å². The van der Waals surface area contributed by atoms with Crippen LogP contribution in [0.15, 0.2) is 0 Å². The van der Waals surface area contributed by atoms with Gasteiger partial charge in [0, 0.05) is 6.54 Å². The lowest BCUT2D eigenvalue weighted by Crippen LogP contribution is -2.35. The molecule has 2 N–H and O–H groups in total. The molecule has 0 aliphatic rings. The van der Waals surface area contributed by atoms with E-state index in [0.29, 0.717) is 6.54 Å². The molecule has 0 rings (SSSR count). The molecular formula is C6H11F3N2O2. The van der Waals surface area contributed by atoms with E-state index in [0.717, 1.165) is 0 Å². The van der Waals surface area contributed by atoms with Crippen LogP contribution in [0.3, 0.4) is 0 Å². The number of carbonyl (C=O) groups excluding carboxylic acids is 1. The van der Waals surface area contributed by atoms with Crippen molar-refractivity contribution in [3.63, 3.8) is 0 Å². The zero-order chi connectivity index (χ0) is 10.3. The molecule has 0 fully saturated rings. The van der Waals surface area contributed by atoms with Gasteiger partial charge >= 0.3 is 6.18 Å². The van der Waals surface area contributed by atoms with Gasteiger partial charge in [0.1, 0.15) is 0 Å². The van der Waals surface area contributed by atoms with Crippen molar-refractivity contribution in [3.8, 4) is 0 Å². The van der Waals surface area contributed by atoms with Crippen LogP contribution in [0.25, 0.3) is 0 Å². The van der Waals surface area contributed by atoms with Crippen molar-refractivity contribution < 1.29 is 22.8 Å². The Balaban J connectivity index is 3.31. The lowest BCUT2D eigenvalue weighted by atomic mass is 10.6. The van der Waals surface area contributed by atoms with E-state index >= 15 is 0 Å². The zero-order valence-corrected chi connectivity index (χ0v) is 7.07. The Morgan fingerprint density at radius 3 is 2.54 bits per heavy atom. The number of hydrogen-bond acceptors (Lipinski definition) is 3. The van der Waals surface area contributed by atoms with Crippen molar-refractivity contribution in [1.82, 2.24) is 10.8 Å². The molecule has 0 aliphatic heterocycles. The molecule has 1 amide bonds. The Morgan fingerprint density at radius 2 is 2.08 bits per heavy atom. The first-order valence-corrected chi connectivity index (χ1v) is 3.64. The Kier molecular flexibility index (Phi) is 5.40. The third-order valence-corrected chi connectivity index (χ3v) is 0.945. The van der Waals surface area contributed by atoms with Crippen LogP contribution in [0.5, 0.6) is 0 Å². The van der Waals surface area contributed by atoms with E-state index in [-0.39, 0.29) is 6.54 Å². The number of hydrogen-bond donors (Lipinski definition) is 2. The fourth-order valence-electron chi connectivity index (χ4n) is 0.509. The molecule has 0 heterocycles. The Hall–Kier alpha value is -0.820. The highest BCUT2D eigenvalue weighted by Gasteiger charge is 2.27. The first-order valence-electron chi connectivity index (χ1n) is 3.64. The van der Waals surface area contributed by atoms with E-state index in [1.807, 2.05) is 5.48 Å². The van der Waals surface area contributed by atoms with Gasteiger partial charge < -0.3 is 5.32 Å². The minimum absolute atomic E-state index is 0.288. The van der Waals surface area contributed by atoms with Gasteiger partial charge in [-0.3, -0.25) is 9.63 Å². The summed E-state index contributed by atoms with van der Waals surface area (Å²) in [4.78, 5) is 14.6. The smallest absolute Gasteiger partial charge is 0.355 e. The maximum atomic E-state index is 11.5. The third kappa shape index (κ3) is 9.09. The van der Waals surface area contributed by atoms with Crippen LogP contribution >= 0.6 is 0 Å². The van der Waals surface area contributed by atoms with Gasteiger partial charge in [-0.15, -0.1) is 0 Å². The molecule has 0 radical (unpaired) electrons. The summed E-state index contributed by atoms with van der Waals surface area (Å²) in [6, 6.07) is 0. The summed E-state index contributed by atoms with van der Waals surface area (Å²) in [5.74, 6) is -0.412. The molecule has 78 valence electrons. The maximum absolute atomic E-state index is 11.5.